The van der Waals surface area contributed by atoms with Gasteiger partial charge >= 0.3 is 0 Å². The van der Waals surface area contributed by atoms with E-state index in [0.717, 1.165) is 37.5 Å². The van der Waals surface area contributed by atoms with Crippen molar-refractivity contribution in [2.45, 2.75) is 27.2 Å². The van der Waals surface area contributed by atoms with E-state index in [1.54, 1.807) is 0 Å². The van der Waals surface area contributed by atoms with Gasteiger partial charge in [0.1, 0.15) is 0 Å². The van der Waals surface area contributed by atoms with Crippen molar-refractivity contribution in [3.8, 4) is 0 Å². The van der Waals surface area contributed by atoms with Gasteiger partial charge in [0, 0.05) is 31.2 Å². The minimum atomic E-state index is 0. The van der Waals surface area contributed by atoms with Gasteiger partial charge < -0.3 is 10.6 Å². The van der Waals surface area contributed by atoms with Gasteiger partial charge in [-0.15, -0.1) is 24.0 Å². The molecule has 126 valence electrons. The van der Waals surface area contributed by atoms with Gasteiger partial charge in [0.05, 0.1) is 5.52 Å². The van der Waals surface area contributed by atoms with Crippen LogP contribution in [0.15, 0.2) is 41.5 Å². The highest BCUT2D eigenvalue weighted by Gasteiger charge is 2.03. The van der Waals surface area contributed by atoms with Crippen molar-refractivity contribution in [2.75, 3.05) is 19.6 Å². The Hall–Kier alpha value is -1.37. The Morgan fingerprint density at radius 1 is 1.17 bits per heavy atom. The van der Waals surface area contributed by atoms with Gasteiger partial charge in [-0.05, 0) is 30.9 Å². The maximum absolute atomic E-state index is 4.59. The molecule has 1 aromatic carbocycles. The van der Waals surface area contributed by atoms with Crippen molar-refractivity contribution >= 4 is 40.8 Å². The monoisotopic (exact) mass is 426 g/mol. The van der Waals surface area contributed by atoms with Gasteiger partial charge in [0.15, 0.2) is 5.96 Å². The molecule has 0 radical (unpaired) electrons. The summed E-state index contributed by atoms with van der Waals surface area (Å²) in [6.45, 7) is 9.00. The van der Waals surface area contributed by atoms with Crippen LogP contribution in [-0.2, 0) is 6.42 Å². The molecule has 0 fully saturated rings. The Balaban J connectivity index is 0.00000264. The fourth-order valence-electron chi connectivity index (χ4n) is 2.30. The van der Waals surface area contributed by atoms with Gasteiger partial charge in [-0.3, -0.25) is 9.98 Å². The molecule has 0 unspecified atom stereocenters. The smallest absolute Gasteiger partial charge is 0.191 e. The zero-order valence-electron chi connectivity index (χ0n) is 14.2. The first-order valence-electron chi connectivity index (χ1n) is 8.05. The van der Waals surface area contributed by atoms with E-state index in [9.17, 15) is 0 Å². The molecule has 4 nitrogen and oxygen atoms in total. The number of aliphatic imine (C=N–C) groups is 1. The summed E-state index contributed by atoms with van der Waals surface area (Å²) in [5.74, 6) is 1.46. The van der Waals surface area contributed by atoms with Crippen LogP contribution in [0.3, 0.4) is 0 Å². The lowest BCUT2D eigenvalue weighted by Gasteiger charge is -2.12. The summed E-state index contributed by atoms with van der Waals surface area (Å²) in [4.78, 5) is 9.09. The van der Waals surface area contributed by atoms with Crippen LogP contribution in [0.2, 0.25) is 0 Å². The average molecular weight is 426 g/mol. The van der Waals surface area contributed by atoms with E-state index in [4.69, 9.17) is 0 Å². The molecule has 0 bridgehead atoms. The molecule has 0 spiro atoms. The second-order valence-corrected chi connectivity index (χ2v) is 5.78. The van der Waals surface area contributed by atoms with Gasteiger partial charge in [0.25, 0.3) is 0 Å². The minimum absolute atomic E-state index is 0. The number of pyridine rings is 1. The number of para-hydroxylation sites is 1. The van der Waals surface area contributed by atoms with Crippen LogP contribution in [0.5, 0.6) is 0 Å². The van der Waals surface area contributed by atoms with Crippen molar-refractivity contribution in [1.82, 2.24) is 15.6 Å². The Bertz CT molecular complexity index is 620. The van der Waals surface area contributed by atoms with Crippen LogP contribution >= 0.6 is 24.0 Å². The summed E-state index contributed by atoms with van der Waals surface area (Å²) in [5, 5.41) is 7.88. The van der Waals surface area contributed by atoms with E-state index in [1.807, 2.05) is 12.3 Å². The van der Waals surface area contributed by atoms with E-state index in [-0.39, 0.29) is 24.0 Å². The number of guanidine groups is 1. The van der Waals surface area contributed by atoms with E-state index in [2.05, 4.69) is 65.6 Å². The first kappa shape index (κ1) is 19.7. The number of nitrogens with one attached hydrogen (secondary N) is 2. The lowest BCUT2D eigenvalue weighted by molar-refractivity contribution is 0.656. The fraction of sp³-hybridized carbons (Fsp3) is 0.444. The zero-order valence-corrected chi connectivity index (χ0v) is 16.5. The summed E-state index contributed by atoms with van der Waals surface area (Å²) >= 11 is 0. The summed E-state index contributed by atoms with van der Waals surface area (Å²) in [5.41, 5.74) is 2.36. The van der Waals surface area contributed by atoms with Crippen LogP contribution in [0.1, 0.15) is 26.3 Å². The Morgan fingerprint density at radius 3 is 2.70 bits per heavy atom. The molecule has 0 aliphatic carbocycles. The first-order valence-corrected chi connectivity index (χ1v) is 8.05. The highest BCUT2D eigenvalue weighted by Crippen LogP contribution is 2.15. The predicted molar refractivity (Wildman–Crippen MR) is 110 cm³/mol. The second kappa shape index (κ2) is 10.4. The highest BCUT2D eigenvalue weighted by molar-refractivity contribution is 14.0. The van der Waals surface area contributed by atoms with Gasteiger partial charge in [0.2, 0.25) is 0 Å². The molecule has 0 aliphatic rings. The van der Waals surface area contributed by atoms with E-state index < -0.39 is 0 Å². The molecule has 1 aromatic heterocycles. The van der Waals surface area contributed by atoms with Gasteiger partial charge in [-0.25, -0.2) is 0 Å². The topological polar surface area (TPSA) is 49.3 Å². The van der Waals surface area contributed by atoms with Crippen molar-refractivity contribution in [3.63, 3.8) is 0 Å². The minimum Gasteiger partial charge on any atom is -0.357 e. The fourth-order valence-corrected chi connectivity index (χ4v) is 2.30. The third kappa shape index (κ3) is 6.33. The number of rotatable bonds is 6. The molecule has 0 aliphatic heterocycles. The van der Waals surface area contributed by atoms with Crippen LogP contribution in [0.4, 0.5) is 0 Å². The number of benzene rings is 1. The molecule has 0 saturated carbocycles. The maximum Gasteiger partial charge on any atom is 0.191 e. The molecular weight excluding hydrogens is 399 g/mol. The third-order valence-corrected chi connectivity index (χ3v) is 3.36. The van der Waals surface area contributed by atoms with E-state index in [0.29, 0.717) is 5.92 Å². The lowest BCUT2D eigenvalue weighted by Crippen LogP contribution is -2.38. The molecule has 0 saturated heterocycles. The molecule has 0 amide bonds. The van der Waals surface area contributed by atoms with Crippen LogP contribution in [-0.4, -0.2) is 30.6 Å². The standard InChI is InChI=1S/C18H26N4.HI/c1-4-19-18(22-13-14(2)3)21-12-10-16-8-5-7-15-9-6-11-20-17(15)16;/h5-9,11,14H,4,10,12-13H2,1-3H3,(H2,19,21,22);1H. The largest absolute Gasteiger partial charge is 0.357 e. The normalized spacial score (nSPS) is 11.4. The van der Waals surface area contributed by atoms with Crippen molar-refractivity contribution in [3.05, 3.63) is 42.1 Å². The molecular formula is C18H27IN4. The molecule has 1 heterocycles. The first-order chi connectivity index (χ1) is 10.7. The number of halogens is 1. The van der Waals surface area contributed by atoms with Crippen molar-refractivity contribution in [1.29, 1.82) is 0 Å². The molecule has 23 heavy (non-hydrogen) atoms. The number of nitrogens with zero attached hydrogens (tertiary/aromatic N) is 2. The third-order valence-electron chi connectivity index (χ3n) is 3.36. The maximum atomic E-state index is 4.59. The summed E-state index contributed by atoms with van der Waals surface area (Å²) in [6.07, 6.45) is 2.79. The van der Waals surface area contributed by atoms with Crippen LogP contribution in [0, 0.1) is 5.92 Å². The summed E-state index contributed by atoms with van der Waals surface area (Å²) < 4.78 is 0. The molecule has 2 N–H and O–H groups in total. The highest BCUT2D eigenvalue weighted by atomic mass is 127. The SMILES string of the molecule is CCNC(=NCC(C)C)NCCc1cccc2cccnc12.I. The van der Waals surface area contributed by atoms with Crippen molar-refractivity contribution in [2.24, 2.45) is 10.9 Å². The Morgan fingerprint density at radius 2 is 1.96 bits per heavy atom. The summed E-state index contributed by atoms with van der Waals surface area (Å²) in [6, 6.07) is 10.4. The number of hydrogen-bond acceptors (Lipinski definition) is 2. The molecule has 5 heteroatoms. The van der Waals surface area contributed by atoms with E-state index >= 15 is 0 Å². The van der Waals surface area contributed by atoms with Gasteiger partial charge in [-0.1, -0.05) is 38.1 Å². The Labute approximate surface area is 156 Å². The lowest BCUT2D eigenvalue weighted by atomic mass is 10.1. The number of aromatic nitrogens is 1. The molecule has 0 atom stereocenters. The second-order valence-electron chi connectivity index (χ2n) is 5.78. The van der Waals surface area contributed by atoms with Crippen molar-refractivity contribution < 1.29 is 0 Å². The van der Waals surface area contributed by atoms with Crippen LogP contribution < -0.4 is 10.6 Å². The Kier molecular flexibility index (Phi) is 8.91. The average Bonchev–Trinajstić information content (AvgIpc) is 2.52. The predicted octanol–water partition coefficient (Wildman–Crippen LogP) is 3.61. The zero-order chi connectivity index (χ0) is 15.8. The molecule has 2 aromatic rings. The quantitative estimate of drug-likeness (QED) is 0.422. The molecule has 2 rings (SSSR count). The van der Waals surface area contributed by atoms with E-state index in [1.165, 1.54) is 10.9 Å². The summed E-state index contributed by atoms with van der Waals surface area (Å²) in [7, 11) is 0. The number of hydrogen-bond donors (Lipinski definition) is 2. The van der Waals surface area contributed by atoms with Crippen LogP contribution in [0.25, 0.3) is 10.9 Å². The van der Waals surface area contributed by atoms with Gasteiger partial charge in [-0.2, -0.15) is 0 Å². The number of fused-ring (bicyclic) bond motifs is 1.